The predicted molar refractivity (Wildman–Crippen MR) is 129 cm³/mol. The maximum Gasteiger partial charge on any atom is 0.286 e. The molecule has 2 atom stereocenters. The molecular formula is C25H36N2O7S. The Morgan fingerprint density at radius 2 is 1.86 bits per heavy atom. The van der Waals surface area contributed by atoms with Crippen LogP contribution in [0.5, 0.6) is 5.75 Å². The molecule has 10 heteroatoms. The fourth-order valence-electron chi connectivity index (χ4n) is 4.77. The minimum absolute atomic E-state index is 0.0518. The van der Waals surface area contributed by atoms with Gasteiger partial charge in [0.2, 0.25) is 16.3 Å². The van der Waals surface area contributed by atoms with Gasteiger partial charge in [-0.05, 0) is 67.9 Å². The van der Waals surface area contributed by atoms with E-state index in [1.165, 1.54) is 23.5 Å². The van der Waals surface area contributed by atoms with Crippen LogP contribution in [0.3, 0.4) is 0 Å². The average Bonchev–Trinajstić information content (AvgIpc) is 3.60. The van der Waals surface area contributed by atoms with Crippen LogP contribution in [-0.2, 0) is 24.3 Å². The molecule has 0 radical (unpaired) electrons. The van der Waals surface area contributed by atoms with Crippen LogP contribution in [0.2, 0.25) is 0 Å². The highest BCUT2D eigenvalue weighted by atomic mass is 32.2. The number of hydrogen-bond acceptors (Lipinski definition) is 7. The number of nitrogens with zero attached hydrogens (tertiary/aromatic N) is 1. The third-order valence-corrected chi connectivity index (χ3v) is 8.83. The number of methoxy groups -OCH3 is 1. The van der Waals surface area contributed by atoms with E-state index >= 15 is 0 Å². The molecule has 1 aromatic carbocycles. The van der Waals surface area contributed by atoms with Crippen LogP contribution < -0.4 is 10.1 Å². The standard InChI is InChI=1S/C25H36N2O7S/c1-32-21-8-10-22(11-9-21)35(30,31)27(12-14-28)13-15-33-24-17-19(18-6-7-18)16-23(34-24)25(29)26-20-4-2-3-5-20/h8-11,16,18-20,24,28H,2-7,12-15,17H2,1H3,(H,26,29)/t19-,24+/m1/s1. The van der Waals surface area contributed by atoms with Gasteiger partial charge in [0, 0.05) is 25.6 Å². The fourth-order valence-corrected chi connectivity index (χ4v) is 6.19. The molecule has 0 aromatic heterocycles. The Balaban J connectivity index is 1.36. The van der Waals surface area contributed by atoms with E-state index in [9.17, 15) is 18.3 Å². The van der Waals surface area contributed by atoms with Gasteiger partial charge < -0.3 is 24.6 Å². The van der Waals surface area contributed by atoms with Crippen molar-refractivity contribution < 1.29 is 32.5 Å². The molecule has 9 nitrogen and oxygen atoms in total. The zero-order valence-electron chi connectivity index (χ0n) is 20.2. The third kappa shape index (κ3) is 6.75. The number of carbonyl (C=O) groups is 1. The zero-order valence-corrected chi connectivity index (χ0v) is 21.0. The number of nitrogens with one attached hydrogen (secondary N) is 1. The van der Waals surface area contributed by atoms with Gasteiger partial charge in [0.15, 0.2) is 5.76 Å². The highest BCUT2D eigenvalue weighted by Crippen LogP contribution is 2.42. The van der Waals surface area contributed by atoms with Crippen LogP contribution in [-0.4, -0.2) is 69.5 Å². The van der Waals surface area contributed by atoms with Crippen LogP contribution in [0.25, 0.3) is 0 Å². The third-order valence-electron chi connectivity index (χ3n) is 6.92. The Hall–Kier alpha value is -2.14. The van der Waals surface area contributed by atoms with E-state index in [1.807, 2.05) is 6.08 Å². The Morgan fingerprint density at radius 3 is 2.49 bits per heavy atom. The highest BCUT2D eigenvalue weighted by Gasteiger charge is 2.37. The smallest absolute Gasteiger partial charge is 0.286 e. The summed E-state index contributed by atoms with van der Waals surface area (Å²) < 4.78 is 44.3. The van der Waals surface area contributed by atoms with E-state index in [0.717, 1.165) is 38.5 Å². The second-order valence-electron chi connectivity index (χ2n) is 9.44. The van der Waals surface area contributed by atoms with Crippen molar-refractivity contribution in [3.63, 3.8) is 0 Å². The van der Waals surface area contributed by atoms with Crippen molar-refractivity contribution in [1.82, 2.24) is 9.62 Å². The number of hydrogen-bond donors (Lipinski definition) is 2. The summed E-state index contributed by atoms with van der Waals surface area (Å²) in [6.07, 6.45) is 8.48. The number of aliphatic hydroxyl groups excluding tert-OH is 1. The molecular weight excluding hydrogens is 472 g/mol. The lowest BCUT2D eigenvalue weighted by atomic mass is 9.96. The van der Waals surface area contributed by atoms with Gasteiger partial charge in [-0.15, -0.1) is 0 Å². The van der Waals surface area contributed by atoms with Crippen molar-refractivity contribution in [1.29, 1.82) is 0 Å². The van der Waals surface area contributed by atoms with Gasteiger partial charge in [-0.2, -0.15) is 4.31 Å². The summed E-state index contributed by atoms with van der Waals surface area (Å²) in [7, 11) is -2.31. The minimum atomic E-state index is -3.82. The first kappa shape index (κ1) is 25.9. The number of allylic oxidation sites excluding steroid dienone is 1. The van der Waals surface area contributed by atoms with Crippen LogP contribution >= 0.6 is 0 Å². The monoisotopic (exact) mass is 508 g/mol. The molecule has 194 valence electrons. The van der Waals surface area contributed by atoms with Crippen molar-refractivity contribution in [3.8, 4) is 5.75 Å². The summed E-state index contributed by atoms with van der Waals surface area (Å²) in [4.78, 5) is 12.9. The molecule has 35 heavy (non-hydrogen) atoms. The first-order valence-electron chi connectivity index (χ1n) is 12.5. The fraction of sp³-hybridized carbons (Fsp3) is 0.640. The van der Waals surface area contributed by atoms with Gasteiger partial charge >= 0.3 is 0 Å². The van der Waals surface area contributed by atoms with Crippen molar-refractivity contribution in [2.24, 2.45) is 11.8 Å². The number of sulfonamides is 1. The van der Waals surface area contributed by atoms with Gasteiger partial charge in [0.25, 0.3) is 5.91 Å². The molecule has 0 bridgehead atoms. The number of carbonyl (C=O) groups excluding carboxylic acids is 1. The lowest BCUT2D eigenvalue weighted by molar-refractivity contribution is -0.150. The van der Waals surface area contributed by atoms with Gasteiger partial charge in [-0.3, -0.25) is 4.79 Å². The molecule has 2 N–H and O–H groups in total. The topological polar surface area (TPSA) is 114 Å². The summed E-state index contributed by atoms with van der Waals surface area (Å²) in [5, 5.41) is 12.5. The molecule has 0 spiro atoms. The largest absolute Gasteiger partial charge is 0.497 e. The zero-order chi connectivity index (χ0) is 24.8. The molecule has 1 heterocycles. The molecule has 1 amide bonds. The molecule has 0 saturated heterocycles. The number of amides is 1. The normalized spacial score (nSPS) is 23.1. The van der Waals surface area contributed by atoms with Crippen molar-refractivity contribution >= 4 is 15.9 Å². The van der Waals surface area contributed by atoms with E-state index < -0.39 is 16.3 Å². The Bertz CT molecular complexity index is 986. The second-order valence-corrected chi connectivity index (χ2v) is 11.4. The lowest BCUT2D eigenvalue weighted by Crippen LogP contribution is -2.39. The van der Waals surface area contributed by atoms with Crippen LogP contribution in [0.15, 0.2) is 41.0 Å². The van der Waals surface area contributed by atoms with Crippen molar-refractivity contribution in [2.75, 3.05) is 33.4 Å². The first-order valence-corrected chi connectivity index (χ1v) is 13.9. The number of aliphatic hydroxyl groups is 1. The summed E-state index contributed by atoms with van der Waals surface area (Å²) in [5.41, 5.74) is 0. The van der Waals surface area contributed by atoms with Crippen LogP contribution in [0, 0.1) is 11.8 Å². The van der Waals surface area contributed by atoms with E-state index in [-0.39, 0.29) is 49.1 Å². The molecule has 1 aliphatic heterocycles. The number of rotatable bonds is 12. The van der Waals surface area contributed by atoms with Gasteiger partial charge in [-0.1, -0.05) is 12.8 Å². The van der Waals surface area contributed by atoms with Gasteiger partial charge in [0.1, 0.15) is 5.75 Å². The van der Waals surface area contributed by atoms with Gasteiger partial charge in [-0.25, -0.2) is 8.42 Å². The summed E-state index contributed by atoms with van der Waals surface area (Å²) in [6, 6.07) is 6.31. The van der Waals surface area contributed by atoms with E-state index in [0.29, 0.717) is 23.8 Å². The summed E-state index contributed by atoms with van der Waals surface area (Å²) in [6.45, 7) is -0.235. The van der Waals surface area contributed by atoms with E-state index in [4.69, 9.17) is 14.2 Å². The maximum absolute atomic E-state index is 13.1. The molecule has 2 aliphatic carbocycles. The predicted octanol–water partition coefficient (Wildman–Crippen LogP) is 2.41. The Morgan fingerprint density at radius 1 is 1.14 bits per heavy atom. The number of ether oxygens (including phenoxy) is 3. The molecule has 3 aliphatic rings. The SMILES string of the molecule is COc1ccc(S(=O)(=O)N(CCO)CCO[C@@H]2C[C@H](C3CC3)C=C(C(=O)NC3CCCC3)O2)cc1. The summed E-state index contributed by atoms with van der Waals surface area (Å²) in [5.74, 6) is 1.43. The second kappa shape index (κ2) is 11.7. The minimum Gasteiger partial charge on any atom is -0.497 e. The maximum atomic E-state index is 13.1. The van der Waals surface area contributed by atoms with E-state index in [2.05, 4.69) is 5.32 Å². The van der Waals surface area contributed by atoms with Crippen molar-refractivity contribution in [2.45, 2.75) is 62.2 Å². The van der Waals surface area contributed by atoms with E-state index in [1.54, 1.807) is 12.1 Å². The number of benzene rings is 1. The quantitative estimate of drug-likeness (QED) is 0.446. The van der Waals surface area contributed by atoms with Gasteiger partial charge in [0.05, 0.1) is 25.2 Å². The molecule has 1 aromatic rings. The molecule has 2 saturated carbocycles. The molecule has 0 unspecified atom stereocenters. The van der Waals surface area contributed by atoms with Crippen molar-refractivity contribution in [3.05, 3.63) is 36.1 Å². The highest BCUT2D eigenvalue weighted by molar-refractivity contribution is 7.89. The Labute approximate surface area is 207 Å². The molecule has 2 fully saturated rings. The Kier molecular flexibility index (Phi) is 8.69. The summed E-state index contributed by atoms with van der Waals surface area (Å²) >= 11 is 0. The van der Waals surface area contributed by atoms with Crippen LogP contribution in [0.1, 0.15) is 44.9 Å². The van der Waals surface area contributed by atoms with Crippen LogP contribution in [0.4, 0.5) is 0 Å². The first-order chi connectivity index (χ1) is 16.9. The lowest BCUT2D eigenvalue weighted by Gasteiger charge is -2.30. The average molecular weight is 509 g/mol. The molecule has 4 rings (SSSR count).